The van der Waals surface area contributed by atoms with Crippen LogP contribution in [0.3, 0.4) is 0 Å². The number of furan rings is 1. The van der Waals surface area contributed by atoms with E-state index >= 15 is 0 Å². The fraction of sp³-hybridized carbons (Fsp3) is 0.737. The Morgan fingerprint density at radius 2 is 1.54 bits per heavy atom. The van der Waals surface area contributed by atoms with Crippen LogP contribution in [-0.4, -0.2) is 103 Å². The third kappa shape index (κ3) is 3.83. The van der Waals surface area contributed by atoms with Gasteiger partial charge in [0.15, 0.2) is 23.6 Å². The third-order valence-electron chi connectivity index (χ3n) is 14.1. The highest BCUT2D eigenvalue weighted by Gasteiger charge is 3.08. The average molecular weight is 759 g/mol. The topological polar surface area (TPSA) is 199 Å². The first kappa shape index (κ1) is 37.1. The van der Waals surface area contributed by atoms with Crippen molar-refractivity contribution in [1.82, 2.24) is 0 Å². The first-order chi connectivity index (χ1) is 25.3. The van der Waals surface area contributed by atoms with Crippen LogP contribution in [0.4, 0.5) is 0 Å². The van der Waals surface area contributed by atoms with Crippen LogP contribution in [0.5, 0.6) is 0 Å². The number of hydrogen-bond donors (Lipinski definition) is 0. The number of hydrogen-bond acceptors (Lipinski definition) is 16. The summed E-state index contributed by atoms with van der Waals surface area (Å²) >= 11 is 0. The van der Waals surface area contributed by atoms with Crippen molar-refractivity contribution in [3.05, 3.63) is 24.2 Å². The molecule has 54 heavy (non-hydrogen) atoms. The zero-order valence-corrected chi connectivity index (χ0v) is 31.8. The second-order valence-electron chi connectivity index (χ2n) is 17.0. The van der Waals surface area contributed by atoms with Gasteiger partial charge in [0.1, 0.15) is 17.5 Å². The van der Waals surface area contributed by atoms with E-state index in [1.807, 2.05) is 6.92 Å². The Bertz CT molecular complexity index is 1860. The third-order valence-corrected chi connectivity index (χ3v) is 14.1. The summed E-state index contributed by atoms with van der Waals surface area (Å²) in [4.78, 5) is 83.4. The van der Waals surface area contributed by atoms with Gasteiger partial charge in [-0.05, 0) is 24.8 Å². The van der Waals surface area contributed by atoms with Gasteiger partial charge in [-0.1, -0.05) is 27.7 Å². The van der Waals surface area contributed by atoms with Crippen molar-refractivity contribution >= 4 is 35.6 Å². The molecule has 7 aliphatic rings. The standard InChI is InChI=1S/C38H46O16/c1-18(2)28(44)50-29-32(6)16-35-34(22(32)12-25(41)45-8)17-48-24-14-31(5,27(43)21-10-11-47-15-21)23(13-26(42)46-9)36(38(24,34)54-33(7,52-35)53-36)30(49-19(3)39)37(29,35)51-20(4)40/h10-11,15,18,22-24,29-30H,12-14,16-17H2,1-9H3. The van der Waals surface area contributed by atoms with Gasteiger partial charge in [0.05, 0.1) is 56.5 Å². The Kier molecular flexibility index (Phi) is 7.65. The monoisotopic (exact) mass is 758 g/mol. The lowest BCUT2D eigenvalue weighted by Crippen LogP contribution is -2.95. The van der Waals surface area contributed by atoms with Crippen molar-refractivity contribution in [3.8, 4) is 0 Å². The fourth-order valence-electron chi connectivity index (χ4n) is 12.9. The number of esters is 5. The highest BCUT2D eigenvalue weighted by Crippen LogP contribution is 2.91. The number of carbonyl (C=O) groups excluding carboxylic acids is 6. The van der Waals surface area contributed by atoms with Crippen molar-refractivity contribution in [3.63, 3.8) is 0 Å². The maximum absolute atomic E-state index is 14.9. The minimum Gasteiger partial charge on any atom is -0.472 e. The molecule has 3 saturated heterocycles. The number of ketones is 1. The lowest BCUT2D eigenvalue weighted by atomic mass is 9.33. The summed E-state index contributed by atoms with van der Waals surface area (Å²) in [5, 5.41) is 0. The van der Waals surface area contributed by atoms with Crippen molar-refractivity contribution < 1.29 is 75.8 Å². The van der Waals surface area contributed by atoms with Crippen molar-refractivity contribution in [2.75, 3.05) is 20.8 Å². The Morgan fingerprint density at radius 1 is 0.870 bits per heavy atom. The van der Waals surface area contributed by atoms with Crippen molar-refractivity contribution in [2.45, 2.75) is 121 Å². The normalized spacial score (nSPS) is 46.9. The average Bonchev–Trinajstić information content (AvgIpc) is 3.86. The maximum Gasteiger partial charge on any atom is 0.308 e. The van der Waals surface area contributed by atoms with E-state index in [2.05, 4.69) is 0 Å². The second kappa shape index (κ2) is 11.1. The molecule has 0 aromatic carbocycles. The lowest BCUT2D eigenvalue weighted by Gasteiger charge is -2.75. The number of carbonyl (C=O) groups is 6. The molecular formula is C38H46O16. The summed E-state index contributed by atoms with van der Waals surface area (Å²) < 4.78 is 63.6. The van der Waals surface area contributed by atoms with Crippen LogP contribution in [0.25, 0.3) is 0 Å². The Balaban J connectivity index is 1.54. The van der Waals surface area contributed by atoms with Crippen LogP contribution in [0, 0.1) is 34.0 Å². The van der Waals surface area contributed by atoms with Gasteiger partial charge in [-0.3, -0.25) is 28.8 Å². The van der Waals surface area contributed by atoms with Crippen LogP contribution in [0.2, 0.25) is 0 Å². The molecule has 8 rings (SSSR count). The summed E-state index contributed by atoms with van der Waals surface area (Å²) in [5.41, 5.74) is -12.0. The number of ether oxygens (including phenoxy) is 9. The van der Waals surface area contributed by atoms with E-state index in [0.717, 1.165) is 6.92 Å². The van der Waals surface area contributed by atoms with Crippen LogP contribution in [0.1, 0.15) is 84.5 Å². The Labute approximate surface area is 311 Å². The Morgan fingerprint density at radius 3 is 2.11 bits per heavy atom. The van der Waals surface area contributed by atoms with Gasteiger partial charge < -0.3 is 47.0 Å². The molecule has 16 nitrogen and oxygen atoms in total. The molecule has 0 N–H and O–H groups in total. The minimum atomic E-state index is -2.22. The number of rotatable bonds is 10. The zero-order chi connectivity index (χ0) is 39.2. The van der Waals surface area contributed by atoms with E-state index in [-0.39, 0.29) is 31.4 Å². The van der Waals surface area contributed by atoms with E-state index < -0.39 is 123 Å². The molecule has 7 fully saturated rings. The number of methoxy groups -OCH3 is 2. The van der Waals surface area contributed by atoms with Gasteiger partial charge in [-0.25, -0.2) is 0 Å². The molecule has 3 spiro atoms. The molecule has 3 aliphatic heterocycles. The molecule has 4 saturated carbocycles. The summed E-state index contributed by atoms with van der Waals surface area (Å²) in [5.74, 6) is -8.94. The van der Waals surface area contributed by atoms with Gasteiger partial charge in [0, 0.05) is 43.9 Å². The number of Topliss-reactive ketones (excluding diaryl/α,β-unsaturated/α-hetero) is 1. The van der Waals surface area contributed by atoms with Crippen LogP contribution in [-0.2, 0) is 66.6 Å². The maximum atomic E-state index is 14.9. The minimum absolute atomic E-state index is 0.00581. The predicted octanol–water partition coefficient (Wildman–Crippen LogP) is 2.82. The van der Waals surface area contributed by atoms with Crippen LogP contribution in [0.15, 0.2) is 23.0 Å². The van der Waals surface area contributed by atoms with Crippen molar-refractivity contribution in [1.29, 1.82) is 0 Å². The molecule has 4 aliphatic carbocycles. The molecule has 1 aromatic rings. The molecule has 1 aromatic heterocycles. The lowest BCUT2D eigenvalue weighted by molar-refractivity contribution is -0.471. The molecule has 294 valence electrons. The highest BCUT2D eigenvalue weighted by molar-refractivity contribution is 6.01. The summed E-state index contributed by atoms with van der Waals surface area (Å²) in [6.45, 7) is 10.4. The van der Waals surface area contributed by atoms with Gasteiger partial charge in [0.2, 0.25) is 5.60 Å². The molecule has 4 heterocycles. The summed E-state index contributed by atoms with van der Waals surface area (Å²) in [6, 6.07) is 1.49. The highest BCUT2D eigenvalue weighted by atomic mass is 16.9. The van der Waals surface area contributed by atoms with E-state index in [0.29, 0.717) is 0 Å². The fourth-order valence-corrected chi connectivity index (χ4v) is 12.9. The van der Waals surface area contributed by atoms with Crippen LogP contribution >= 0.6 is 0 Å². The quantitative estimate of drug-likeness (QED) is 0.192. The molecule has 13 unspecified atom stereocenters. The molecular weight excluding hydrogens is 712 g/mol. The SMILES string of the molecule is COC(=O)CC1C(C)(C(=O)c2ccoc2)CC2OCC34C(CC(=O)OC)C5(C)CC36OC3(C)OC1(C(OC(C)=O)C6(OC(C)=O)C5OC(=O)C(C)C)C24O3. The van der Waals surface area contributed by atoms with Gasteiger partial charge in [-0.2, -0.15) is 0 Å². The van der Waals surface area contributed by atoms with E-state index in [1.54, 1.807) is 20.8 Å². The van der Waals surface area contributed by atoms with Gasteiger partial charge >= 0.3 is 29.8 Å². The molecule has 13 atom stereocenters. The van der Waals surface area contributed by atoms with E-state index in [4.69, 9.17) is 47.0 Å². The van der Waals surface area contributed by atoms with Gasteiger partial charge in [-0.15, -0.1) is 0 Å². The largest absolute Gasteiger partial charge is 0.472 e. The van der Waals surface area contributed by atoms with Crippen molar-refractivity contribution in [2.24, 2.45) is 34.0 Å². The summed E-state index contributed by atoms with van der Waals surface area (Å²) in [7, 11) is 2.46. The zero-order valence-electron chi connectivity index (χ0n) is 31.8. The molecule has 4 bridgehead atoms. The molecule has 0 radical (unpaired) electrons. The molecule has 0 amide bonds. The van der Waals surface area contributed by atoms with E-state index in [1.165, 1.54) is 46.7 Å². The second-order valence-corrected chi connectivity index (χ2v) is 17.0. The predicted molar refractivity (Wildman–Crippen MR) is 176 cm³/mol. The first-order valence-electron chi connectivity index (χ1n) is 18.3. The summed E-state index contributed by atoms with van der Waals surface area (Å²) in [6.07, 6.45) is -2.34. The number of fused-ring (bicyclic) bond motifs is 2. The first-order valence-corrected chi connectivity index (χ1v) is 18.3. The smallest absolute Gasteiger partial charge is 0.308 e. The van der Waals surface area contributed by atoms with Crippen LogP contribution < -0.4 is 0 Å². The van der Waals surface area contributed by atoms with E-state index in [9.17, 15) is 28.8 Å². The molecule has 16 heteroatoms. The van der Waals surface area contributed by atoms with Gasteiger partial charge in [0.25, 0.3) is 5.97 Å². The Hall–Kier alpha value is -3.86.